The van der Waals surface area contributed by atoms with Crippen molar-refractivity contribution in [3.05, 3.63) is 39.8 Å². The van der Waals surface area contributed by atoms with Crippen molar-refractivity contribution in [3.63, 3.8) is 0 Å². The Balaban J connectivity index is 1.97. The number of fused-ring (bicyclic) bond motifs is 1. The zero-order chi connectivity index (χ0) is 20.7. The van der Waals surface area contributed by atoms with E-state index in [1.165, 1.54) is 18.4 Å². The van der Waals surface area contributed by atoms with Gasteiger partial charge in [-0.15, -0.1) is 11.3 Å². The SMILES string of the molecule is COc1ccc(C(=O)Nc2sc3c(c2C#N)CC(C)(C)[NH2+]C3(C)C)cc1OC. The van der Waals surface area contributed by atoms with Crippen LogP contribution in [-0.2, 0) is 12.0 Å². The number of nitriles is 1. The van der Waals surface area contributed by atoms with Crippen LogP contribution >= 0.6 is 11.3 Å². The largest absolute Gasteiger partial charge is 0.493 e. The number of nitrogens with two attached hydrogens (primary N) is 1. The molecule has 0 unspecified atom stereocenters. The molecule has 0 saturated carbocycles. The van der Waals surface area contributed by atoms with Crippen LogP contribution in [0.1, 0.15) is 54.1 Å². The number of methoxy groups -OCH3 is 2. The van der Waals surface area contributed by atoms with Gasteiger partial charge in [0, 0.05) is 12.0 Å². The van der Waals surface area contributed by atoms with Crippen molar-refractivity contribution in [1.82, 2.24) is 0 Å². The van der Waals surface area contributed by atoms with Crippen molar-refractivity contribution < 1.29 is 19.6 Å². The molecule has 0 fully saturated rings. The van der Waals surface area contributed by atoms with Crippen LogP contribution in [0.2, 0.25) is 0 Å². The first-order chi connectivity index (χ1) is 13.1. The standard InChI is InChI=1S/C21H25N3O3S/c1-20(2)10-13-14(11-22)19(28-17(13)21(3,4)24-20)23-18(25)12-7-8-15(26-5)16(9-12)27-6/h7-9,24H,10H2,1-6H3,(H,23,25)/p+1. The van der Waals surface area contributed by atoms with Crippen LogP contribution in [0, 0.1) is 11.3 Å². The van der Waals surface area contributed by atoms with Gasteiger partial charge in [0.1, 0.15) is 16.6 Å². The minimum Gasteiger partial charge on any atom is -0.493 e. The van der Waals surface area contributed by atoms with Crippen molar-refractivity contribution in [1.29, 1.82) is 5.26 Å². The molecule has 1 aliphatic rings. The molecule has 1 amide bonds. The van der Waals surface area contributed by atoms with Gasteiger partial charge >= 0.3 is 0 Å². The van der Waals surface area contributed by atoms with E-state index >= 15 is 0 Å². The number of ether oxygens (including phenoxy) is 2. The average molecular weight is 401 g/mol. The highest BCUT2D eigenvalue weighted by Gasteiger charge is 2.44. The first kappa shape index (κ1) is 20.2. The lowest BCUT2D eigenvalue weighted by atomic mass is 9.81. The number of quaternary nitrogens is 1. The van der Waals surface area contributed by atoms with E-state index in [-0.39, 0.29) is 17.0 Å². The summed E-state index contributed by atoms with van der Waals surface area (Å²) in [6, 6.07) is 7.32. The van der Waals surface area contributed by atoms with E-state index in [4.69, 9.17) is 9.47 Å². The maximum atomic E-state index is 12.8. The molecule has 28 heavy (non-hydrogen) atoms. The summed E-state index contributed by atoms with van der Waals surface area (Å²) in [5, 5.41) is 15.7. The Morgan fingerprint density at radius 3 is 2.50 bits per heavy atom. The number of carbonyl (C=O) groups is 1. The molecule has 0 bridgehead atoms. The van der Waals surface area contributed by atoms with Gasteiger partial charge in [0.15, 0.2) is 11.5 Å². The molecule has 0 aliphatic carbocycles. The lowest BCUT2D eigenvalue weighted by Crippen LogP contribution is -3.03. The van der Waals surface area contributed by atoms with E-state index in [2.05, 4.69) is 44.4 Å². The third-order valence-electron chi connectivity index (χ3n) is 4.96. The number of nitrogens with one attached hydrogen (secondary N) is 1. The molecule has 1 aromatic heterocycles. The van der Waals surface area contributed by atoms with Gasteiger partial charge in [-0.1, -0.05) is 0 Å². The molecule has 0 atom stereocenters. The predicted octanol–water partition coefficient (Wildman–Crippen LogP) is 3.02. The molecule has 2 heterocycles. The molecule has 3 N–H and O–H groups in total. The van der Waals surface area contributed by atoms with Crippen molar-refractivity contribution in [2.45, 2.75) is 45.2 Å². The Morgan fingerprint density at radius 2 is 1.89 bits per heavy atom. The van der Waals surface area contributed by atoms with E-state index in [1.54, 1.807) is 25.3 Å². The van der Waals surface area contributed by atoms with Gasteiger partial charge in [-0.25, -0.2) is 0 Å². The number of nitrogens with zero attached hydrogens (tertiary/aromatic N) is 1. The lowest BCUT2D eigenvalue weighted by molar-refractivity contribution is -0.789. The first-order valence-electron chi connectivity index (χ1n) is 9.08. The second kappa shape index (κ2) is 7.12. The van der Waals surface area contributed by atoms with Crippen LogP contribution in [0.3, 0.4) is 0 Å². The Bertz CT molecular complexity index is 970. The second-order valence-electron chi connectivity index (χ2n) is 8.28. The number of hydrogen-bond acceptors (Lipinski definition) is 5. The van der Waals surface area contributed by atoms with Crippen LogP contribution in [-0.4, -0.2) is 25.7 Å². The fourth-order valence-electron chi connectivity index (χ4n) is 4.06. The summed E-state index contributed by atoms with van der Waals surface area (Å²) in [6.07, 6.45) is 0.789. The number of anilines is 1. The number of benzene rings is 1. The lowest BCUT2D eigenvalue weighted by Gasteiger charge is -2.38. The van der Waals surface area contributed by atoms with Crippen molar-refractivity contribution in [2.75, 3.05) is 19.5 Å². The molecule has 0 saturated heterocycles. The van der Waals surface area contributed by atoms with E-state index in [1.807, 2.05) is 0 Å². The molecular weight excluding hydrogens is 374 g/mol. The quantitative estimate of drug-likeness (QED) is 0.826. The summed E-state index contributed by atoms with van der Waals surface area (Å²) >= 11 is 1.49. The molecule has 7 heteroatoms. The molecular formula is C21H26N3O3S+. The topological polar surface area (TPSA) is 88.0 Å². The molecule has 1 aromatic carbocycles. The van der Waals surface area contributed by atoms with E-state index in [0.717, 1.165) is 16.9 Å². The molecule has 148 valence electrons. The third kappa shape index (κ3) is 3.58. The van der Waals surface area contributed by atoms with Crippen LogP contribution in [0.4, 0.5) is 5.00 Å². The Morgan fingerprint density at radius 1 is 1.21 bits per heavy atom. The summed E-state index contributed by atoms with van der Waals surface area (Å²) in [5.74, 6) is 0.763. The Hall–Kier alpha value is -2.56. The number of amides is 1. The van der Waals surface area contributed by atoms with Crippen molar-refractivity contribution in [2.24, 2.45) is 0 Å². The average Bonchev–Trinajstić information content (AvgIpc) is 2.96. The number of rotatable bonds is 4. The minimum atomic E-state index is -0.280. The highest BCUT2D eigenvalue weighted by Crippen LogP contribution is 2.42. The van der Waals surface area contributed by atoms with E-state index < -0.39 is 0 Å². The summed E-state index contributed by atoms with van der Waals surface area (Å²) < 4.78 is 10.5. The van der Waals surface area contributed by atoms with Crippen molar-refractivity contribution in [3.8, 4) is 17.6 Å². The van der Waals surface area contributed by atoms with Gasteiger partial charge in [0.2, 0.25) is 0 Å². The summed E-state index contributed by atoms with van der Waals surface area (Å²) in [6.45, 7) is 8.67. The number of hydrogen-bond donors (Lipinski definition) is 2. The fraction of sp³-hybridized carbons (Fsp3) is 0.429. The molecule has 2 aromatic rings. The molecule has 1 aliphatic heterocycles. The minimum absolute atomic E-state index is 0.00615. The van der Waals surface area contributed by atoms with Crippen LogP contribution in [0.5, 0.6) is 11.5 Å². The maximum Gasteiger partial charge on any atom is 0.256 e. The summed E-state index contributed by atoms with van der Waals surface area (Å²) in [4.78, 5) is 14.0. The van der Waals surface area contributed by atoms with Crippen LogP contribution < -0.4 is 20.1 Å². The third-order valence-corrected chi connectivity index (χ3v) is 6.45. The molecule has 6 nitrogen and oxygen atoms in total. The molecule has 0 spiro atoms. The predicted molar refractivity (Wildman–Crippen MR) is 109 cm³/mol. The fourth-order valence-corrected chi connectivity index (χ4v) is 5.30. The summed E-state index contributed by atoms with van der Waals surface area (Å²) in [7, 11) is 3.08. The van der Waals surface area contributed by atoms with Gasteiger partial charge in [-0.2, -0.15) is 5.26 Å². The van der Waals surface area contributed by atoms with Crippen LogP contribution in [0.15, 0.2) is 18.2 Å². The molecule has 3 rings (SSSR count). The van der Waals surface area contributed by atoms with Gasteiger partial charge < -0.3 is 20.1 Å². The van der Waals surface area contributed by atoms with Gasteiger partial charge in [-0.05, 0) is 51.5 Å². The van der Waals surface area contributed by atoms with Gasteiger partial charge in [-0.3, -0.25) is 4.79 Å². The van der Waals surface area contributed by atoms with Gasteiger partial charge in [0.05, 0.1) is 30.2 Å². The zero-order valence-corrected chi connectivity index (χ0v) is 17.9. The number of thiophene rings is 1. The van der Waals surface area contributed by atoms with E-state index in [0.29, 0.717) is 27.6 Å². The van der Waals surface area contributed by atoms with Crippen molar-refractivity contribution >= 4 is 22.2 Å². The Kier molecular flexibility index (Phi) is 5.13. The zero-order valence-electron chi connectivity index (χ0n) is 17.1. The number of carbonyl (C=O) groups excluding carboxylic acids is 1. The highest BCUT2D eigenvalue weighted by molar-refractivity contribution is 7.16. The van der Waals surface area contributed by atoms with Gasteiger partial charge in [0.25, 0.3) is 5.91 Å². The second-order valence-corrected chi connectivity index (χ2v) is 9.30. The first-order valence-corrected chi connectivity index (χ1v) is 9.90. The Labute approximate surface area is 169 Å². The van der Waals surface area contributed by atoms with E-state index in [9.17, 15) is 10.1 Å². The molecule has 0 radical (unpaired) electrons. The maximum absolute atomic E-state index is 12.8. The smallest absolute Gasteiger partial charge is 0.256 e. The highest BCUT2D eigenvalue weighted by atomic mass is 32.1. The summed E-state index contributed by atoms with van der Waals surface area (Å²) in [5.41, 5.74) is 1.91. The van der Waals surface area contributed by atoms with Crippen LogP contribution in [0.25, 0.3) is 0 Å². The monoisotopic (exact) mass is 400 g/mol. The normalized spacial score (nSPS) is 16.6.